The third kappa shape index (κ3) is 5.54. The van der Waals surface area contributed by atoms with Crippen LogP contribution >= 0.6 is 0 Å². The van der Waals surface area contributed by atoms with E-state index in [4.69, 9.17) is 10.8 Å². The minimum Gasteiger partial charge on any atom is -0.399 e. The molecule has 0 aliphatic heterocycles. The molecule has 0 saturated carbocycles. The van der Waals surface area contributed by atoms with E-state index in [-0.39, 0.29) is 24.6 Å². The molecule has 0 aliphatic rings. The Bertz CT molecular complexity index is 434. The second kappa shape index (κ2) is 8.50. The molecule has 0 bridgehead atoms. The fraction of sp³-hybridized carbons (Fsp3) is 0.500. The summed E-state index contributed by atoms with van der Waals surface area (Å²) in [5.41, 5.74) is 6.04. The molecule has 112 valence electrons. The molecule has 6 heteroatoms. The highest BCUT2D eigenvalue weighted by molar-refractivity contribution is 5.91. The summed E-state index contributed by atoms with van der Waals surface area (Å²) >= 11 is 0. The van der Waals surface area contributed by atoms with E-state index in [1.54, 1.807) is 0 Å². The van der Waals surface area contributed by atoms with Gasteiger partial charge in [-0.05, 0) is 31.2 Å². The summed E-state index contributed by atoms with van der Waals surface area (Å²) in [4.78, 5) is 13.8. The number of hydrogen-bond donors (Lipinski definition) is 3. The lowest BCUT2D eigenvalue weighted by molar-refractivity contribution is -0.116. The molecule has 0 unspecified atom stereocenters. The van der Waals surface area contributed by atoms with E-state index in [0.29, 0.717) is 18.8 Å². The number of aliphatic hydroxyl groups is 1. The fourth-order valence-electron chi connectivity index (χ4n) is 1.90. The van der Waals surface area contributed by atoms with Gasteiger partial charge in [0.25, 0.3) is 0 Å². The molecule has 1 aromatic rings. The van der Waals surface area contributed by atoms with E-state index in [0.717, 1.165) is 13.0 Å². The standard InChI is InChI=1S/C14H22FN3O2/c1-2-6-18(8-9-19)7-5-14(20)17-13-10-11(16)3-4-12(13)15/h3-4,10,19H,2,5-9,16H2,1H3,(H,17,20). The summed E-state index contributed by atoms with van der Waals surface area (Å²) in [5.74, 6) is -0.776. The van der Waals surface area contributed by atoms with Gasteiger partial charge < -0.3 is 21.1 Å². The monoisotopic (exact) mass is 283 g/mol. The van der Waals surface area contributed by atoms with Gasteiger partial charge in [-0.25, -0.2) is 4.39 Å². The number of rotatable bonds is 8. The first-order valence-corrected chi connectivity index (χ1v) is 6.75. The number of nitrogens with zero attached hydrogens (tertiary/aromatic N) is 1. The number of benzene rings is 1. The minimum atomic E-state index is -0.506. The van der Waals surface area contributed by atoms with Gasteiger partial charge in [-0.2, -0.15) is 0 Å². The Labute approximate surface area is 118 Å². The van der Waals surface area contributed by atoms with Crippen molar-refractivity contribution in [2.45, 2.75) is 19.8 Å². The maximum absolute atomic E-state index is 13.5. The number of carbonyl (C=O) groups is 1. The van der Waals surface area contributed by atoms with E-state index in [1.807, 2.05) is 11.8 Å². The number of amides is 1. The normalized spacial score (nSPS) is 10.8. The molecule has 0 aliphatic carbocycles. The van der Waals surface area contributed by atoms with Crippen LogP contribution in [0, 0.1) is 5.82 Å². The summed E-state index contributed by atoms with van der Waals surface area (Å²) in [6.45, 7) is 3.98. The number of halogens is 1. The van der Waals surface area contributed by atoms with Gasteiger partial charge in [-0.15, -0.1) is 0 Å². The molecular weight excluding hydrogens is 261 g/mol. The van der Waals surface area contributed by atoms with Crippen molar-refractivity contribution in [2.24, 2.45) is 0 Å². The molecule has 0 saturated heterocycles. The average molecular weight is 283 g/mol. The zero-order valence-electron chi connectivity index (χ0n) is 11.7. The fourth-order valence-corrected chi connectivity index (χ4v) is 1.90. The highest BCUT2D eigenvalue weighted by atomic mass is 19.1. The van der Waals surface area contributed by atoms with E-state index < -0.39 is 5.82 Å². The second-order valence-electron chi connectivity index (χ2n) is 4.60. The molecule has 4 N–H and O–H groups in total. The SMILES string of the molecule is CCCN(CCO)CCC(=O)Nc1cc(N)ccc1F. The topological polar surface area (TPSA) is 78.6 Å². The number of nitrogen functional groups attached to an aromatic ring is 1. The van der Waals surface area contributed by atoms with Gasteiger partial charge >= 0.3 is 0 Å². The molecule has 0 spiro atoms. The molecule has 1 aromatic carbocycles. The van der Waals surface area contributed by atoms with E-state index in [1.165, 1.54) is 18.2 Å². The van der Waals surface area contributed by atoms with Gasteiger partial charge in [0.2, 0.25) is 5.91 Å². The summed E-state index contributed by atoms with van der Waals surface area (Å²) in [6, 6.07) is 4.06. The molecule has 1 rings (SSSR count). The van der Waals surface area contributed by atoms with Crippen LogP contribution in [0.25, 0.3) is 0 Å². The Morgan fingerprint density at radius 1 is 1.40 bits per heavy atom. The number of anilines is 2. The quantitative estimate of drug-likeness (QED) is 0.631. The lowest BCUT2D eigenvalue weighted by Crippen LogP contribution is -2.31. The van der Waals surface area contributed by atoms with Crippen LogP contribution in [0.2, 0.25) is 0 Å². The zero-order valence-corrected chi connectivity index (χ0v) is 11.7. The van der Waals surface area contributed by atoms with Crippen molar-refractivity contribution in [2.75, 3.05) is 37.3 Å². The van der Waals surface area contributed by atoms with Crippen LogP contribution in [0.3, 0.4) is 0 Å². The lowest BCUT2D eigenvalue weighted by atomic mass is 10.2. The second-order valence-corrected chi connectivity index (χ2v) is 4.60. The Hall–Kier alpha value is -1.66. The van der Waals surface area contributed by atoms with Gasteiger partial charge in [-0.1, -0.05) is 6.92 Å². The minimum absolute atomic E-state index is 0.0610. The molecule has 5 nitrogen and oxygen atoms in total. The van der Waals surface area contributed by atoms with Crippen molar-refractivity contribution in [1.82, 2.24) is 4.90 Å². The molecule has 1 amide bonds. The summed E-state index contributed by atoms with van der Waals surface area (Å²) in [6.07, 6.45) is 1.19. The number of carbonyl (C=O) groups excluding carboxylic acids is 1. The lowest BCUT2D eigenvalue weighted by Gasteiger charge is -2.20. The van der Waals surface area contributed by atoms with Crippen LogP contribution in [-0.2, 0) is 4.79 Å². The Morgan fingerprint density at radius 2 is 2.15 bits per heavy atom. The summed E-state index contributed by atoms with van der Waals surface area (Å²) < 4.78 is 13.5. The van der Waals surface area contributed by atoms with Crippen molar-refractivity contribution in [1.29, 1.82) is 0 Å². The van der Waals surface area contributed by atoms with Crippen LogP contribution in [-0.4, -0.2) is 42.2 Å². The van der Waals surface area contributed by atoms with Gasteiger partial charge in [-0.3, -0.25) is 4.79 Å². The van der Waals surface area contributed by atoms with Crippen LogP contribution in [0.4, 0.5) is 15.8 Å². The first-order valence-electron chi connectivity index (χ1n) is 6.75. The number of nitrogens with two attached hydrogens (primary N) is 1. The number of nitrogens with one attached hydrogen (secondary N) is 1. The van der Waals surface area contributed by atoms with Crippen molar-refractivity contribution in [3.8, 4) is 0 Å². The molecule has 0 heterocycles. The molecule has 0 radical (unpaired) electrons. The molecule has 0 atom stereocenters. The maximum Gasteiger partial charge on any atom is 0.225 e. The third-order valence-corrected chi connectivity index (χ3v) is 2.88. The van der Waals surface area contributed by atoms with Gasteiger partial charge in [0, 0.05) is 25.2 Å². The summed E-state index contributed by atoms with van der Waals surface area (Å²) in [7, 11) is 0. The molecule has 0 fully saturated rings. The highest BCUT2D eigenvalue weighted by Crippen LogP contribution is 2.17. The highest BCUT2D eigenvalue weighted by Gasteiger charge is 2.10. The van der Waals surface area contributed by atoms with E-state index in [9.17, 15) is 9.18 Å². The van der Waals surface area contributed by atoms with Crippen LogP contribution in [0.15, 0.2) is 18.2 Å². The van der Waals surface area contributed by atoms with Crippen LogP contribution < -0.4 is 11.1 Å². The van der Waals surface area contributed by atoms with Crippen molar-refractivity contribution in [3.05, 3.63) is 24.0 Å². The first-order chi connectivity index (χ1) is 9.56. The molecule has 0 aromatic heterocycles. The van der Waals surface area contributed by atoms with E-state index in [2.05, 4.69) is 5.32 Å². The average Bonchev–Trinajstić information content (AvgIpc) is 2.41. The zero-order chi connectivity index (χ0) is 15.0. The molecule has 20 heavy (non-hydrogen) atoms. The smallest absolute Gasteiger partial charge is 0.225 e. The number of aliphatic hydroxyl groups excluding tert-OH is 1. The maximum atomic E-state index is 13.5. The Morgan fingerprint density at radius 3 is 2.80 bits per heavy atom. The first kappa shape index (κ1) is 16.4. The van der Waals surface area contributed by atoms with Crippen LogP contribution in [0.1, 0.15) is 19.8 Å². The summed E-state index contributed by atoms with van der Waals surface area (Å²) in [5, 5.41) is 11.4. The molecular formula is C14H22FN3O2. The van der Waals surface area contributed by atoms with Gasteiger partial charge in [0.1, 0.15) is 5.82 Å². The number of hydrogen-bond acceptors (Lipinski definition) is 4. The Balaban J connectivity index is 2.48. The Kier molecular flexibility index (Phi) is 6.97. The van der Waals surface area contributed by atoms with Crippen molar-refractivity contribution in [3.63, 3.8) is 0 Å². The van der Waals surface area contributed by atoms with Gasteiger partial charge in [0.05, 0.1) is 12.3 Å². The van der Waals surface area contributed by atoms with Crippen molar-refractivity contribution < 1.29 is 14.3 Å². The van der Waals surface area contributed by atoms with E-state index >= 15 is 0 Å². The predicted octanol–water partition coefficient (Wildman–Crippen LogP) is 1.44. The largest absolute Gasteiger partial charge is 0.399 e. The van der Waals surface area contributed by atoms with Crippen molar-refractivity contribution >= 4 is 17.3 Å². The third-order valence-electron chi connectivity index (χ3n) is 2.88. The predicted molar refractivity (Wildman–Crippen MR) is 77.9 cm³/mol. The van der Waals surface area contributed by atoms with Crippen LogP contribution in [0.5, 0.6) is 0 Å². The van der Waals surface area contributed by atoms with Gasteiger partial charge in [0.15, 0.2) is 0 Å².